The molecule has 0 radical (unpaired) electrons. The van der Waals surface area contributed by atoms with Gasteiger partial charge in [-0.2, -0.15) is 0 Å². The van der Waals surface area contributed by atoms with E-state index in [1.54, 1.807) is 23.1 Å². The summed E-state index contributed by atoms with van der Waals surface area (Å²) in [4.78, 5) is 28.5. The minimum Gasteiger partial charge on any atom is -0.454 e. The number of esters is 1. The molecule has 1 fully saturated rings. The van der Waals surface area contributed by atoms with Crippen molar-refractivity contribution >= 4 is 29.2 Å². The number of carbonyl (C=O) groups excluding carboxylic acids is 2. The van der Waals surface area contributed by atoms with Crippen molar-refractivity contribution in [3.8, 4) is 11.5 Å². The number of anilines is 1. The Balaban J connectivity index is 1.27. The molecule has 0 unspecified atom stereocenters. The number of piperazine rings is 1. The molecule has 1 amide bonds. The highest BCUT2D eigenvalue weighted by molar-refractivity contribution is 6.30. The minimum absolute atomic E-state index is 0.132. The second-order valence-corrected chi connectivity index (χ2v) is 6.93. The van der Waals surface area contributed by atoms with E-state index in [9.17, 15) is 9.59 Å². The molecule has 2 aliphatic rings. The quantitative estimate of drug-likeness (QED) is 0.732. The summed E-state index contributed by atoms with van der Waals surface area (Å²) in [5, 5.41) is 0.687. The number of rotatable bonds is 4. The Morgan fingerprint density at radius 3 is 2.57 bits per heavy atom. The van der Waals surface area contributed by atoms with Crippen LogP contribution in [0.3, 0.4) is 0 Å². The molecule has 0 N–H and O–H groups in total. The first kappa shape index (κ1) is 18.4. The lowest BCUT2D eigenvalue weighted by Crippen LogP contribution is -2.49. The summed E-state index contributed by atoms with van der Waals surface area (Å²) in [6, 6.07) is 12.4. The molecule has 0 saturated carbocycles. The zero-order valence-electron chi connectivity index (χ0n) is 15.1. The Morgan fingerprint density at radius 1 is 1.00 bits per heavy atom. The van der Waals surface area contributed by atoms with E-state index < -0.39 is 5.97 Å². The number of fused-ring (bicyclic) bond motifs is 1. The number of carbonyl (C=O) groups is 2. The highest BCUT2D eigenvalue weighted by Gasteiger charge is 2.23. The molecule has 2 aromatic carbocycles. The van der Waals surface area contributed by atoms with Gasteiger partial charge < -0.3 is 24.0 Å². The molecule has 2 aliphatic heterocycles. The minimum atomic E-state index is -0.566. The van der Waals surface area contributed by atoms with Gasteiger partial charge in [-0.25, -0.2) is 4.79 Å². The summed E-state index contributed by atoms with van der Waals surface area (Å²) in [6.07, 6.45) is 0. The van der Waals surface area contributed by atoms with Crippen LogP contribution in [0.1, 0.15) is 10.4 Å². The number of benzene rings is 2. The van der Waals surface area contributed by atoms with Crippen LogP contribution in [0, 0.1) is 0 Å². The molecule has 2 aromatic rings. The maximum Gasteiger partial charge on any atom is 0.338 e. The van der Waals surface area contributed by atoms with Gasteiger partial charge in [-0.3, -0.25) is 4.79 Å². The van der Waals surface area contributed by atoms with Crippen molar-refractivity contribution in [3.63, 3.8) is 0 Å². The number of amides is 1. The maximum absolute atomic E-state index is 12.4. The summed E-state index contributed by atoms with van der Waals surface area (Å²) in [6.45, 7) is 2.36. The van der Waals surface area contributed by atoms with Gasteiger partial charge in [-0.15, -0.1) is 0 Å². The molecule has 28 heavy (non-hydrogen) atoms. The van der Waals surface area contributed by atoms with E-state index in [4.69, 9.17) is 25.8 Å². The Labute approximate surface area is 167 Å². The van der Waals surface area contributed by atoms with Gasteiger partial charge in [-0.1, -0.05) is 17.7 Å². The summed E-state index contributed by atoms with van der Waals surface area (Å²) in [7, 11) is 0. The number of nitrogens with zero attached hydrogens (tertiary/aromatic N) is 2. The number of hydrogen-bond acceptors (Lipinski definition) is 6. The Hall–Kier alpha value is -2.93. The monoisotopic (exact) mass is 402 g/mol. The molecule has 8 heteroatoms. The molecule has 0 aromatic heterocycles. The van der Waals surface area contributed by atoms with Crippen molar-refractivity contribution in [1.82, 2.24) is 4.90 Å². The largest absolute Gasteiger partial charge is 0.454 e. The average Bonchev–Trinajstić information content (AvgIpc) is 3.20. The number of hydrogen-bond donors (Lipinski definition) is 0. The summed E-state index contributed by atoms with van der Waals surface area (Å²) in [5.74, 6) is 0.312. The lowest BCUT2D eigenvalue weighted by molar-refractivity contribution is -0.134. The standard InChI is InChI=1S/C20H19ClN2O5/c21-15-2-1-3-16(11-15)22-6-8-23(9-7-22)19(24)12-26-20(25)14-4-5-17-18(10-14)28-13-27-17/h1-5,10-11H,6-9,12-13H2. The van der Waals surface area contributed by atoms with E-state index in [1.807, 2.05) is 24.3 Å². The van der Waals surface area contributed by atoms with Crippen LogP contribution in [0.4, 0.5) is 5.69 Å². The number of ether oxygens (including phenoxy) is 3. The van der Waals surface area contributed by atoms with Crippen LogP contribution >= 0.6 is 11.6 Å². The molecule has 7 nitrogen and oxygen atoms in total. The number of halogens is 1. The zero-order chi connectivity index (χ0) is 19.5. The Kier molecular flexibility index (Phi) is 5.25. The van der Waals surface area contributed by atoms with Gasteiger partial charge in [0.15, 0.2) is 18.1 Å². The van der Waals surface area contributed by atoms with Gasteiger partial charge >= 0.3 is 5.97 Å². The fourth-order valence-electron chi connectivity index (χ4n) is 3.21. The predicted molar refractivity (Wildman–Crippen MR) is 103 cm³/mol. The van der Waals surface area contributed by atoms with Crippen LogP contribution in [0.5, 0.6) is 11.5 Å². The summed E-state index contributed by atoms with van der Waals surface area (Å²) >= 11 is 6.04. The molecule has 2 heterocycles. The molecule has 0 aliphatic carbocycles. The second-order valence-electron chi connectivity index (χ2n) is 6.49. The summed E-state index contributed by atoms with van der Waals surface area (Å²) in [5.41, 5.74) is 1.36. The third kappa shape index (κ3) is 3.99. The Bertz CT molecular complexity index is 896. The van der Waals surface area contributed by atoms with Crippen LogP contribution in [-0.2, 0) is 9.53 Å². The molecular weight excluding hydrogens is 384 g/mol. The van der Waals surface area contributed by atoms with Gasteiger partial charge in [0.05, 0.1) is 5.56 Å². The van der Waals surface area contributed by atoms with Gasteiger partial charge in [-0.05, 0) is 36.4 Å². The van der Waals surface area contributed by atoms with Gasteiger partial charge in [0.25, 0.3) is 5.91 Å². The highest BCUT2D eigenvalue weighted by atomic mass is 35.5. The third-order valence-corrected chi connectivity index (χ3v) is 4.98. The molecule has 1 saturated heterocycles. The molecule has 0 atom stereocenters. The topological polar surface area (TPSA) is 68.3 Å². The van der Waals surface area contributed by atoms with Crippen molar-refractivity contribution < 1.29 is 23.8 Å². The normalized spacial score (nSPS) is 15.5. The smallest absolute Gasteiger partial charge is 0.338 e. The highest BCUT2D eigenvalue weighted by Crippen LogP contribution is 2.32. The molecular formula is C20H19ClN2O5. The van der Waals surface area contributed by atoms with Crippen LogP contribution in [0.2, 0.25) is 5.02 Å². The lowest BCUT2D eigenvalue weighted by Gasteiger charge is -2.36. The zero-order valence-corrected chi connectivity index (χ0v) is 15.9. The fourth-order valence-corrected chi connectivity index (χ4v) is 3.40. The first-order valence-electron chi connectivity index (χ1n) is 8.95. The van der Waals surface area contributed by atoms with Crippen LogP contribution in [0.15, 0.2) is 42.5 Å². The molecule has 0 bridgehead atoms. The average molecular weight is 403 g/mol. The third-order valence-electron chi connectivity index (χ3n) is 4.74. The maximum atomic E-state index is 12.4. The van der Waals surface area contributed by atoms with Crippen molar-refractivity contribution in [1.29, 1.82) is 0 Å². The fraction of sp³-hybridized carbons (Fsp3) is 0.300. The van der Waals surface area contributed by atoms with E-state index >= 15 is 0 Å². The van der Waals surface area contributed by atoms with E-state index in [1.165, 1.54) is 0 Å². The first-order chi connectivity index (χ1) is 13.6. The van der Waals surface area contributed by atoms with E-state index in [0.29, 0.717) is 48.3 Å². The Morgan fingerprint density at radius 2 is 1.79 bits per heavy atom. The molecule has 4 rings (SSSR count). The van der Waals surface area contributed by atoms with Crippen molar-refractivity contribution in [2.75, 3.05) is 44.5 Å². The second kappa shape index (κ2) is 7.98. The summed E-state index contributed by atoms with van der Waals surface area (Å²) < 4.78 is 15.6. The van der Waals surface area contributed by atoms with Gasteiger partial charge in [0, 0.05) is 36.9 Å². The van der Waals surface area contributed by atoms with E-state index in [-0.39, 0.29) is 19.3 Å². The van der Waals surface area contributed by atoms with Crippen molar-refractivity contribution in [3.05, 3.63) is 53.1 Å². The first-order valence-corrected chi connectivity index (χ1v) is 9.33. The molecule has 146 valence electrons. The van der Waals surface area contributed by atoms with Crippen LogP contribution < -0.4 is 14.4 Å². The molecule has 0 spiro atoms. The SMILES string of the molecule is O=C(OCC(=O)N1CCN(c2cccc(Cl)c2)CC1)c1ccc2c(c1)OCO2. The predicted octanol–water partition coefficient (Wildman–Crippen LogP) is 2.57. The van der Waals surface area contributed by atoms with Gasteiger partial charge in [0.2, 0.25) is 6.79 Å². The van der Waals surface area contributed by atoms with Crippen LogP contribution in [0.25, 0.3) is 0 Å². The van der Waals surface area contributed by atoms with E-state index in [2.05, 4.69) is 4.90 Å². The van der Waals surface area contributed by atoms with Gasteiger partial charge in [0.1, 0.15) is 0 Å². The van der Waals surface area contributed by atoms with Crippen molar-refractivity contribution in [2.45, 2.75) is 0 Å². The van der Waals surface area contributed by atoms with Crippen molar-refractivity contribution in [2.24, 2.45) is 0 Å². The van der Waals surface area contributed by atoms with E-state index in [0.717, 1.165) is 5.69 Å². The lowest BCUT2D eigenvalue weighted by atomic mass is 10.2. The van der Waals surface area contributed by atoms with Crippen LogP contribution in [-0.4, -0.2) is 56.4 Å².